The first-order valence-electron chi connectivity index (χ1n) is 10.8. The van der Waals surface area contributed by atoms with Crippen LogP contribution >= 0.6 is 0 Å². The first-order chi connectivity index (χ1) is 15.0. The second kappa shape index (κ2) is 8.99. The number of anilines is 2. The van der Waals surface area contributed by atoms with Gasteiger partial charge in [-0.3, -0.25) is 14.4 Å². The molecule has 0 bridgehead atoms. The van der Waals surface area contributed by atoms with Crippen LogP contribution in [0.3, 0.4) is 0 Å². The highest BCUT2D eigenvalue weighted by atomic mass is 16.2. The molecular formula is C24H28N4O3. The van der Waals surface area contributed by atoms with Crippen LogP contribution in [0, 0.1) is 11.8 Å². The minimum atomic E-state index is -0.379. The van der Waals surface area contributed by atoms with Crippen LogP contribution < -0.4 is 15.8 Å². The number of hydrogen-bond donors (Lipinski definition) is 2. The number of Topliss-reactive ketones (excluding diaryl/α,β-unsaturated/α-hetero) is 1. The lowest BCUT2D eigenvalue weighted by molar-refractivity contribution is -0.126. The molecule has 2 amide bonds. The van der Waals surface area contributed by atoms with E-state index in [1.165, 1.54) is 6.92 Å². The Labute approximate surface area is 182 Å². The lowest BCUT2D eigenvalue weighted by atomic mass is 9.84. The molecule has 2 aliphatic rings. The van der Waals surface area contributed by atoms with Crippen molar-refractivity contribution in [2.45, 2.75) is 26.3 Å². The van der Waals surface area contributed by atoms with Gasteiger partial charge in [-0.05, 0) is 56.3 Å². The second-order valence-corrected chi connectivity index (χ2v) is 8.26. The normalized spacial score (nSPS) is 23.5. The maximum atomic E-state index is 13.3. The Kier molecular flexibility index (Phi) is 6.15. The van der Waals surface area contributed by atoms with E-state index in [9.17, 15) is 14.4 Å². The van der Waals surface area contributed by atoms with Crippen molar-refractivity contribution in [1.29, 1.82) is 0 Å². The van der Waals surface area contributed by atoms with E-state index >= 15 is 0 Å². The van der Waals surface area contributed by atoms with Gasteiger partial charge in [0.25, 0.3) is 0 Å². The minimum Gasteiger partial charge on any atom is -0.326 e. The lowest BCUT2D eigenvalue weighted by Crippen LogP contribution is -2.56. The van der Waals surface area contributed by atoms with Crippen molar-refractivity contribution in [3.8, 4) is 0 Å². The summed E-state index contributed by atoms with van der Waals surface area (Å²) in [7, 11) is 0. The molecule has 2 N–H and O–H groups in total. The van der Waals surface area contributed by atoms with Gasteiger partial charge < -0.3 is 10.2 Å². The minimum absolute atomic E-state index is 0.000569. The van der Waals surface area contributed by atoms with Crippen LogP contribution in [0.15, 0.2) is 54.6 Å². The SMILES string of the molecule is CCCN1CC(C(=O)Nc2ccc(C(C)=O)cc2)C2NN(c3ccccc3)C(=O)C2C1. The topological polar surface area (TPSA) is 81.8 Å². The Morgan fingerprint density at radius 3 is 2.42 bits per heavy atom. The van der Waals surface area contributed by atoms with Crippen LogP contribution in [-0.4, -0.2) is 48.2 Å². The fourth-order valence-electron chi connectivity index (χ4n) is 4.48. The lowest BCUT2D eigenvalue weighted by Gasteiger charge is -2.38. The Balaban J connectivity index is 1.55. The van der Waals surface area contributed by atoms with Crippen molar-refractivity contribution in [3.63, 3.8) is 0 Å². The number of hydrogen-bond acceptors (Lipinski definition) is 5. The molecule has 0 aromatic heterocycles. The van der Waals surface area contributed by atoms with E-state index in [0.717, 1.165) is 18.7 Å². The monoisotopic (exact) mass is 420 g/mol. The molecule has 2 aliphatic heterocycles. The number of amides is 2. The van der Waals surface area contributed by atoms with Crippen LogP contribution in [0.2, 0.25) is 0 Å². The van der Waals surface area contributed by atoms with Crippen LogP contribution in [0.1, 0.15) is 30.6 Å². The summed E-state index contributed by atoms with van der Waals surface area (Å²) in [5.74, 6) is -0.799. The molecule has 2 aromatic rings. The quantitative estimate of drug-likeness (QED) is 0.703. The maximum Gasteiger partial charge on any atom is 0.247 e. The Morgan fingerprint density at radius 1 is 1.06 bits per heavy atom. The van der Waals surface area contributed by atoms with Crippen molar-refractivity contribution >= 4 is 29.0 Å². The predicted octanol–water partition coefficient (Wildman–Crippen LogP) is 2.71. The molecule has 0 radical (unpaired) electrons. The third kappa shape index (κ3) is 4.38. The van der Waals surface area contributed by atoms with Crippen LogP contribution in [0.25, 0.3) is 0 Å². The Morgan fingerprint density at radius 2 is 1.77 bits per heavy atom. The summed E-state index contributed by atoms with van der Waals surface area (Å²) in [6.07, 6.45) is 0.961. The summed E-state index contributed by atoms with van der Waals surface area (Å²) in [6.45, 7) is 5.70. The van der Waals surface area contributed by atoms with Gasteiger partial charge in [0, 0.05) is 24.3 Å². The van der Waals surface area contributed by atoms with E-state index in [0.29, 0.717) is 24.3 Å². The molecule has 7 nitrogen and oxygen atoms in total. The van der Waals surface area contributed by atoms with Crippen molar-refractivity contribution in [2.75, 3.05) is 30.0 Å². The predicted molar refractivity (Wildman–Crippen MR) is 120 cm³/mol. The second-order valence-electron chi connectivity index (χ2n) is 8.26. The van der Waals surface area contributed by atoms with Crippen LogP contribution in [-0.2, 0) is 9.59 Å². The van der Waals surface area contributed by atoms with E-state index < -0.39 is 0 Å². The van der Waals surface area contributed by atoms with Gasteiger partial charge in [0.2, 0.25) is 11.8 Å². The first kappa shape index (κ1) is 21.2. The number of piperidine rings is 1. The molecular weight excluding hydrogens is 392 g/mol. The summed E-state index contributed by atoms with van der Waals surface area (Å²) in [4.78, 5) is 40.1. The van der Waals surface area contributed by atoms with Gasteiger partial charge in [0.1, 0.15) is 0 Å². The summed E-state index contributed by atoms with van der Waals surface area (Å²) >= 11 is 0. The van der Waals surface area contributed by atoms with E-state index in [4.69, 9.17) is 0 Å². The van der Waals surface area contributed by atoms with Gasteiger partial charge >= 0.3 is 0 Å². The van der Waals surface area contributed by atoms with Gasteiger partial charge in [-0.25, -0.2) is 10.4 Å². The molecule has 2 saturated heterocycles. The largest absolute Gasteiger partial charge is 0.326 e. The number of hydrazine groups is 1. The summed E-state index contributed by atoms with van der Waals surface area (Å²) in [5, 5.41) is 4.57. The van der Waals surface area contributed by atoms with E-state index in [2.05, 4.69) is 22.6 Å². The highest BCUT2D eigenvalue weighted by Gasteiger charge is 2.50. The van der Waals surface area contributed by atoms with Gasteiger partial charge in [-0.1, -0.05) is 25.1 Å². The van der Waals surface area contributed by atoms with Gasteiger partial charge in [0.05, 0.1) is 23.6 Å². The number of fused-ring (bicyclic) bond motifs is 1. The zero-order valence-electron chi connectivity index (χ0n) is 17.9. The third-order valence-corrected chi connectivity index (χ3v) is 6.04. The molecule has 162 valence electrons. The maximum absolute atomic E-state index is 13.3. The number of rotatable bonds is 6. The van der Waals surface area contributed by atoms with E-state index in [1.54, 1.807) is 29.3 Å². The molecule has 3 unspecified atom stereocenters. The molecule has 0 spiro atoms. The van der Waals surface area contributed by atoms with Crippen molar-refractivity contribution in [1.82, 2.24) is 10.3 Å². The number of para-hydroxylation sites is 1. The molecule has 2 aromatic carbocycles. The summed E-state index contributed by atoms with van der Waals surface area (Å²) in [5.41, 5.74) is 5.34. The van der Waals surface area contributed by atoms with Gasteiger partial charge in [0.15, 0.2) is 5.78 Å². The number of nitrogens with one attached hydrogen (secondary N) is 2. The molecule has 2 fully saturated rings. The smallest absolute Gasteiger partial charge is 0.247 e. The number of ketones is 1. The van der Waals surface area contributed by atoms with Crippen molar-refractivity contribution < 1.29 is 14.4 Å². The zero-order chi connectivity index (χ0) is 22.0. The zero-order valence-corrected chi connectivity index (χ0v) is 17.9. The summed E-state index contributed by atoms with van der Waals surface area (Å²) in [6, 6.07) is 16.1. The fraction of sp³-hybridized carbons (Fsp3) is 0.375. The number of carbonyl (C=O) groups is 3. The average Bonchev–Trinajstić information content (AvgIpc) is 3.11. The highest BCUT2D eigenvalue weighted by molar-refractivity contribution is 6.00. The number of likely N-dealkylation sites (tertiary alicyclic amines) is 1. The van der Waals surface area contributed by atoms with E-state index in [-0.39, 0.29) is 35.5 Å². The molecule has 0 aliphatic carbocycles. The molecule has 4 rings (SSSR count). The number of carbonyl (C=O) groups excluding carboxylic acids is 3. The van der Waals surface area contributed by atoms with Crippen molar-refractivity contribution in [2.24, 2.45) is 11.8 Å². The van der Waals surface area contributed by atoms with Gasteiger partial charge in [-0.15, -0.1) is 0 Å². The molecule has 0 saturated carbocycles. The highest BCUT2D eigenvalue weighted by Crippen LogP contribution is 2.32. The van der Waals surface area contributed by atoms with E-state index in [1.807, 2.05) is 30.3 Å². The molecule has 2 heterocycles. The van der Waals surface area contributed by atoms with Crippen molar-refractivity contribution in [3.05, 3.63) is 60.2 Å². The fourth-order valence-corrected chi connectivity index (χ4v) is 4.48. The number of benzene rings is 2. The van der Waals surface area contributed by atoms with Gasteiger partial charge in [-0.2, -0.15) is 0 Å². The Bertz CT molecular complexity index is 961. The summed E-state index contributed by atoms with van der Waals surface area (Å²) < 4.78 is 0. The third-order valence-electron chi connectivity index (χ3n) is 6.04. The first-order valence-corrected chi connectivity index (χ1v) is 10.8. The standard InChI is InChI=1S/C24H28N4O3/c1-3-13-27-14-20(23(30)25-18-11-9-17(10-12-18)16(2)29)22-21(15-27)24(31)28(26-22)19-7-5-4-6-8-19/h4-12,20-22,26H,3,13-15H2,1-2H3,(H,25,30). The molecule has 7 heteroatoms. The van der Waals surface area contributed by atoms with Crippen LogP contribution in [0.5, 0.6) is 0 Å². The number of nitrogens with zero attached hydrogens (tertiary/aromatic N) is 2. The average molecular weight is 421 g/mol. The van der Waals surface area contributed by atoms with Crippen LogP contribution in [0.4, 0.5) is 11.4 Å². The molecule has 31 heavy (non-hydrogen) atoms. The Hall–Kier alpha value is -3.03. The molecule has 3 atom stereocenters.